The fourth-order valence-electron chi connectivity index (χ4n) is 1.97. The number of imidazole rings is 1. The molecule has 2 rings (SSSR count). The number of imide groups is 1. The van der Waals surface area contributed by atoms with Crippen LogP contribution in [0.3, 0.4) is 0 Å². The van der Waals surface area contributed by atoms with E-state index < -0.39 is 4.92 Å². The van der Waals surface area contributed by atoms with E-state index in [-0.39, 0.29) is 37.1 Å². The summed E-state index contributed by atoms with van der Waals surface area (Å²) >= 11 is 0. The highest BCUT2D eigenvalue weighted by molar-refractivity contribution is 6.01. The van der Waals surface area contributed by atoms with E-state index in [9.17, 15) is 19.7 Å². The lowest BCUT2D eigenvalue weighted by molar-refractivity contribution is -0.390. The van der Waals surface area contributed by atoms with Gasteiger partial charge < -0.3 is 10.1 Å². The molecule has 2 heterocycles. The highest BCUT2D eigenvalue weighted by Gasteiger charge is 2.30. The van der Waals surface area contributed by atoms with Gasteiger partial charge in [0.2, 0.25) is 18.1 Å². The summed E-state index contributed by atoms with van der Waals surface area (Å²) in [5.74, 6) is -0.728. The zero-order chi connectivity index (χ0) is 13.3. The molecule has 1 aliphatic rings. The molecule has 8 nitrogen and oxygen atoms in total. The number of rotatable bonds is 4. The molecule has 0 N–H and O–H groups in total. The minimum atomic E-state index is -0.567. The highest BCUT2D eigenvalue weighted by atomic mass is 16.6. The summed E-state index contributed by atoms with van der Waals surface area (Å²) in [5.41, 5.74) is 0.410. The van der Waals surface area contributed by atoms with Crippen molar-refractivity contribution in [3.8, 4) is 0 Å². The van der Waals surface area contributed by atoms with Gasteiger partial charge >= 0.3 is 5.82 Å². The summed E-state index contributed by atoms with van der Waals surface area (Å²) in [5, 5.41) is 10.7. The molecule has 0 radical (unpaired) electrons. The van der Waals surface area contributed by atoms with E-state index in [4.69, 9.17) is 0 Å². The molecule has 0 saturated carbocycles. The van der Waals surface area contributed by atoms with Crippen LogP contribution in [-0.2, 0) is 22.7 Å². The summed E-state index contributed by atoms with van der Waals surface area (Å²) in [7, 11) is 0. The van der Waals surface area contributed by atoms with Gasteiger partial charge in [-0.2, -0.15) is 0 Å². The summed E-state index contributed by atoms with van der Waals surface area (Å²) < 4.78 is 1.47. The van der Waals surface area contributed by atoms with Crippen LogP contribution in [0.25, 0.3) is 0 Å². The largest absolute Gasteiger partial charge is 0.384 e. The maximum atomic E-state index is 11.5. The minimum Gasteiger partial charge on any atom is -0.358 e. The monoisotopic (exact) mass is 252 g/mol. The van der Waals surface area contributed by atoms with Crippen molar-refractivity contribution >= 4 is 17.6 Å². The molecular formula is C10H12N4O4. The number of hydrogen-bond donors (Lipinski definition) is 0. The lowest BCUT2D eigenvalue weighted by Gasteiger charge is -2.14. The van der Waals surface area contributed by atoms with Crippen LogP contribution in [0.1, 0.15) is 25.5 Å². The molecule has 1 fully saturated rings. The number of amides is 2. The van der Waals surface area contributed by atoms with Crippen LogP contribution in [0.2, 0.25) is 0 Å². The molecule has 1 aromatic rings. The van der Waals surface area contributed by atoms with Crippen LogP contribution < -0.4 is 0 Å². The van der Waals surface area contributed by atoms with Crippen LogP contribution in [-0.4, -0.2) is 31.2 Å². The molecule has 96 valence electrons. The van der Waals surface area contributed by atoms with E-state index in [0.29, 0.717) is 12.1 Å². The first-order valence-corrected chi connectivity index (χ1v) is 5.56. The maximum Gasteiger partial charge on any atom is 0.384 e. The zero-order valence-corrected chi connectivity index (χ0v) is 9.83. The van der Waals surface area contributed by atoms with Crippen LogP contribution in [0, 0.1) is 10.1 Å². The van der Waals surface area contributed by atoms with Crippen LogP contribution >= 0.6 is 0 Å². The minimum absolute atomic E-state index is 0.00167. The van der Waals surface area contributed by atoms with Gasteiger partial charge in [0.05, 0.1) is 0 Å². The SMILES string of the molecule is CCc1c([N+](=O)[O-])ncn1CN1C(=O)CCC1=O. The molecule has 0 aliphatic carbocycles. The molecule has 1 aromatic heterocycles. The Labute approximate surface area is 102 Å². The van der Waals surface area contributed by atoms with Crippen LogP contribution in [0.4, 0.5) is 5.82 Å². The average molecular weight is 252 g/mol. The summed E-state index contributed by atoms with van der Waals surface area (Å²) in [4.78, 5) is 37.9. The van der Waals surface area contributed by atoms with Gasteiger partial charge in [-0.25, -0.2) is 0 Å². The number of carbonyl (C=O) groups is 2. The van der Waals surface area contributed by atoms with Crippen LogP contribution in [0.15, 0.2) is 6.33 Å². The Hall–Kier alpha value is -2.25. The molecule has 0 bridgehead atoms. The van der Waals surface area contributed by atoms with Gasteiger partial charge in [0, 0.05) is 12.8 Å². The maximum absolute atomic E-state index is 11.5. The fraction of sp³-hybridized carbons (Fsp3) is 0.500. The third-order valence-electron chi connectivity index (χ3n) is 2.88. The van der Waals surface area contributed by atoms with Crippen LogP contribution in [0.5, 0.6) is 0 Å². The number of nitrogens with zero attached hydrogens (tertiary/aromatic N) is 4. The van der Waals surface area contributed by atoms with Crippen molar-refractivity contribution < 1.29 is 14.5 Å². The van der Waals surface area contributed by atoms with Crippen molar-refractivity contribution in [2.45, 2.75) is 32.9 Å². The van der Waals surface area contributed by atoms with Crippen molar-refractivity contribution in [1.82, 2.24) is 14.5 Å². The van der Waals surface area contributed by atoms with Crippen molar-refractivity contribution in [3.63, 3.8) is 0 Å². The molecule has 2 amide bonds. The molecule has 18 heavy (non-hydrogen) atoms. The third kappa shape index (κ3) is 1.96. The molecule has 1 aliphatic heterocycles. The third-order valence-corrected chi connectivity index (χ3v) is 2.88. The first-order chi connectivity index (χ1) is 8.54. The normalized spacial score (nSPS) is 15.5. The van der Waals surface area contributed by atoms with E-state index >= 15 is 0 Å². The zero-order valence-electron chi connectivity index (χ0n) is 9.83. The highest BCUT2D eigenvalue weighted by Crippen LogP contribution is 2.19. The van der Waals surface area contributed by atoms with E-state index in [0.717, 1.165) is 4.90 Å². The van der Waals surface area contributed by atoms with Gasteiger partial charge in [0.1, 0.15) is 12.4 Å². The molecule has 8 heteroatoms. The Morgan fingerprint density at radius 3 is 2.50 bits per heavy atom. The molecule has 1 saturated heterocycles. The van der Waals surface area contributed by atoms with E-state index in [1.165, 1.54) is 10.9 Å². The van der Waals surface area contributed by atoms with Gasteiger partial charge in [0.15, 0.2) is 0 Å². The first kappa shape index (κ1) is 12.2. The second-order valence-corrected chi connectivity index (χ2v) is 3.95. The number of nitro groups is 1. The van der Waals surface area contributed by atoms with E-state index in [1.807, 2.05) is 0 Å². The topological polar surface area (TPSA) is 98.3 Å². The van der Waals surface area contributed by atoms with Gasteiger partial charge in [-0.3, -0.25) is 19.1 Å². The van der Waals surface area contributed by atoms with Crippen molar-refractivity contribution in [2.75, 3.05) is 0 Å². The average Bonchev–Trinajstić information content (AvgIpc) is 2.87. The van der Waals surface area contributed by atoms with Crippen molar-refractivity contribution in [2.24, 2.45) is 0 Å². The molecule has 0 aromatic carbocycles. The molecule has 0 unspecified atom stereocenters. The van der Waals surface area contributed by atoms with Crippen molar-refractivity contribution in [3.05, 3.63) is 22.1 Å². The Balaban J connectivity index is 2.27. The second-order valence-electron chi connectivity index (χ2n) is 3.95. The summed E-state index contributed by atoms with van der Waals surface area (Å²) in [6, 6.07) is 0. The molecular weight excluding hydrogens is 240 g/mol. The predicted molar refractivity (Wildman–Crippen MR) is 59.3 cm³/mol. The standard InChI is InChI=1S/C10H12N4O4/c1-2-7-10(14(17)18)11-5-12(7)6-13-8(15)3-4-9(13)16/h5H,2-4,6H2,1H3. The number of hydrogen-bond acceptors (Lipinski definition) is 5. The van der Waals surface area contributed by atoms with Gasteiger partial charge in [-0.1, -0.05) is 6.92 Å². The fourth-order valence-corrected chi connectivity index (χ4v) is 1.97. The van der Waals surface area contributed by atoms with Gasteiger partial charge in [0.25, 0.3) is 0 Å². The predicted octanol–water partition coefficient (Wildman–Crippen LogP) is 0.460. The van der Waals surface area contributed by atoms with E-state index in [2.05, 4.69) is 4.98 Å². The Bertz CT molecular complexity index is 506. The Morgan fingerprint density at radius 1 is 1.39 bits per heavy atom. The quantitative estimate of drug-likeness (QED) is 0.440. The molecule has 0 atom stereocenters. The smallest absolute Gasteiger partial charge is 0.358 e. The second kappa shape index (κ2) is 4.55. The first-order valence-electron chi connectivity index (χ1n) is 5.56. The number of aromatic nitrogens is 2. The Kier molecular flexibility index (Phi) is 3.09. The summed E-state index contributed by atoms with van der Waals surface area (Å²) in [6.45, 7) is 1.76. The van der Waals surface area contributed by atoms with Gasteiger partial charge in [-0.05, 0) is 16.3 Å². The van der Waals surface area contributed by atoms with Crippen molar-refractivity contribution in [1.29, 1.82) is 0 Å². The van der Waals surface area contributed by atoms with E-state index in [1.54, 1.807) is 6.92 Å². The lowest BCUT2D eigenvalue weighted by atomic mass is 10.3. The number of likely N-dealkylation sites (tertiary alicyclic amines) is 1. The lowest BCUT2D eigenvalue weighted by Crippen LogP contribution is -2.31. The van der Waals surface area contributed by atoms with Gasteiger partial charge in [-0.15, -0.1) is 0 Å². The Morgan fingerprint density at radius 2 is 2.00 bits per heavy atom. The summed E-state index contributed by atoms with van der Waals surface area (Å²) in [6.07, 6.45) is 2.11. The molecule has 0 spiro atoms. The number of carbonyl (C=O) groups excluding carboxylic acids is 2.